The number of aryl methyl sites for hydroxylation is 2. The molecule has 0 radical (unpaired) electrons. The van der Waals surface area contributed by atoms with Crippen molar-refractivity contribution in [2.75, 3.05) is 26.8 Å². The summed E-state index contributed by atoms with van der Waals surface area (Å²) in [4.78, 5) is 4.33. The second-order valence-corrected chi connectivity index (χ2v) is 6.56. The van der Waals surface area contributed by atoms with Gasteiger partial charge in [0.05, 0.1) is 25.5 Å². The highest BCUT2D eigenvalue weighted by Gasteiger charge is 2.12. The Labute approximate surface area is 191 Å². The van der Waals surface area contributed by atoms with Crippen molar-refractivity contribution in [1.82, 2.24) is 20.4 Å². The van der Waals surface area contributed by atoms with Crippen LogP contribution in [0, 0.1) is 0 Å². The van der Waals surface area contributed by atoms with E-state index >= 15 is 0 Å². The molecule has 0 aliphatic heterocycles. The van der Waals surface area contributed by atoms with Gasteiger partial charge in [-0.05, 0) is 56.9 Å². The van der Waals surface area contributed by atoms with Gasteiger partial charge in [0.2, 0.25) is 0 Å². The number of rotatable bonds is 10. The van der Waals surface area contributed by atoms with E-state index in [0.29, 0.717) is 13.2 Å². The van der Waals surface area contributed by atoms with Crippen LogP contribution in [0.4, 0.5) is 0 Å². The maximum Gasteiger partial charge on any atom is 0.191 e. The van der Waals surface area contributed by atoms with Gasteiger partial charge in [-0.1, -0.05) is 6.07 Å². The van der Waals surface area contributed by atoms with Crippen LogP contribution in [0.5, 0.6) is 11.5 Å². The minimum absolute atomic E-state index is 0. The number of benzene rings is 1. The van der Waals surface area contributed by atoms with Crippen LogP contribution >= 0.6 is 24.0 Å². The fourth-order valence-electron chi connectivity index (χ4n) is 2.92. The van der Waals surface area contributed by atoms with Crippen molar-refractivity contribution in [2.45, 2.75) is 39.7 Å². The summed E-state index contributed by atoms with van der Waals surface area (Å²) in [5, 5.41) is 11.0. The average molecular weight is 515 g/mol. The van der Waals surface area contributed by atoms with Crippen LogP contribution in [0.15, 0.2) is 35.6 Å². The third-order valence-electron chi connectivity index (χ3n) is 4.34. The summed E-state index contributed by atoms with van der Waals surface area (Å²) < 4.78 is 13.2. The third kappa shape index (κ3) is 8.12. The molecule has 1 aromatic carbocycles. The van der Waals surface area contributed by atoms with E-state index in [2.05, 4.69) is 39.9 Å². The van der Waals surface area contributed by atoms with E-state index in [-0.39, 0.29) is 30.0 Å². The van der Waals surface area contributed by atoms with E-state index in [1.807, 2.05) is 43.9 Å². The largest absolute Gasteiger partial charge is 0.490 e. The van der Waals surface area contributed by atoms with Crippen molar-refractivity contribution < 1.29 is 9.47 Å². The normalized spacial score (nSPS) is 12.1. The van der Waals surface area contributed by atoms with Gasteiger partial charge in [-0.2, -0.15) is 5.10 Å². The summed E-state index contributed by atoms with van der Waals surface area (Å²) >= 11 is 0. The maximum atomic E-state index is 5.73. The van der Waals surface area contributed by atoms with Gasteiger partial charge in [-0.3, -0.25) is 9.67 Å². The highest BCUT2D eigenvalue weighted by Crippen LogP contribution is 2.30. The molecule has 0 aliphatic carbocycles. The minimum atomic E-state index is 0. The Balaban J connectivity index is 0.00000420. The third-order valence-corrected chi connectivity index (χ3v) is 4.34. The van der Waals surface area contributed by atoms with E-state index in [9.17, 15) is 0 Å². The molecular formula is C21H34IN5O2. The molecule has 1 atom stereocenters. The molecule has 0 spiro atoms. The number of halogens is 1. The first-order valence-electron chi connectivity index (χ1n) is 9.91. The Morgan fingerprint density at radius 1 is 1.21 bits per heavy atom. The SMILES string of the molecule is CCOc1ccc(C(C)NC(=NC)NCCCc2cnn(C)c2)cc1OCC.I. The molecule has 162 valence electrons. The molecule has 7 nitrogen and oxygen atoms in total. The molecule has 0 saturated heterocycles. The predicted octanol–water partition coefficient (Wildman–Crippen LogP) is 3.69. The highest BCUT2D eigenvalue weighted by molar-refractivity contribution is 14.0. The summed E-state index contributed by atoms with van der Waals surface area (Å²) in [5.74, 6) is 2.33. The van der Waals surface area contributed by atoms with E-state index < -0.39 is 0 Å². The van der Waals surface area contributed by atoms with Crippen molar-refractivity contribution >= 4 is 29.9 Å². The van der Waals surface area contributed by atoms with Crippen molar-refractivity contribution in [3.63, 3.8) is 0 Å². The van der Waals surface area contributed by atoms with Gasteiger partial charge < -0.3 is 20.1 Å². The van der Waals surface area contributed by atoms with E-state index in [1.54, 1.807) is 7.05 Å². The Morgan fingerprint density at radius 2 is 1.93 bits per heavy atom. The molecule has 0 saturated carbocycles. The van der Waals surface area contributed by atoms with E-state index in [1.165, 1.54) is 5.56 Å². The summed E-state index contributed by atoms with van der Waals surface area (Å²) in [6.45, 7) is 8.11. The number of guanidine groups is 1. The molecule has 2 N–H and O–H groups in total. The number of ether oxygens (including phenoxy) is 2. The lowest BCUT2D eigenvalue weighted by molar-refractivity contribution is 0.287. The van der Waals surface area contributed by atoms with Gasteiger partial charge in [-0.25, -0.2) is 0 Å². The predicted molar refractivity (Wildman–Crippen MR) is 129 cm³/mol. The standard InChI is InChI=1S/C21H33N5O2.HI/c1-6-27-19-11-10-18(13-20(19)28-7-2)16(3)25-21(22-4)23-12-8-9-17-14-24-26(5)15-17;/h10-11,13-16H,6-9,12H2,1-5H3,(H2,22,23,25);1H. The average Bonchev–Trinajstić information content (AvgIpc) is 3.11. The zero-order valence-electron chi connectivity index (χ0n) is 18.1. The summed E-state index contributed by atoms with van der Waals surface area (Å²) in [5.41, 5.74) is 2.36. The van der Waals surface area contributed by atoms with Crippen LogP contribution in [0.3, 0.4) is 0 Å². The Bertz CT molecular complexity index is 763. The van der Waals surface area contributed by atoms with Gasteiger partial charge in [0, 0.05) is 26.8 Å². The zero-order chi connectivity index (χ0) is 20.4. The Morgan fingerprint density at radius 3 is 2.55 bits per heavy atom. The topological polar surface area (TPSA) is 72.7 Å². The molecule has 8 heteroatoms. The molecule has 0 aliphatic rings. The minimum Gasteiger partial charge on any atom is -0.490 e. The van der Waals surface area contributed by atoms with Crippen molar-refractivity contribution in [2.24, 2.45) is 12.0 Å². The molecule has 1 unspecified atom stereocenters. The first-order chi connectivity index (χ1) is 13.6. The van der Waals surface area contributed by atoms with Gasteiger partial charge in [0.15, 0.2) is 17.5 Å². The monoisotopic (exact) mass is 515 g/mol. The van der Waals surface area contributed by atoms with Gasteiger partial charge in [0.25, 0.3) is 0 Å². The fourth-order valence-corrected chi connectivity index (χ4v) is 2.92. The highest BCUT2D eigenvalue weighted by atomic mass is 127. The molecule has 1 aromatic heterocycles. The quantitative estimate of drug-likeness (QED) is 0.219. The second-order valence-electron chi connectivity index (χ2n) is 6.56. The summed E-state index contributed by atoms with van der Waals surface area (Å²) in [6, 6.07) is 6.13. The van der Waals surface area contributed by atoms with Gasteiger partial charge in [0.1, 0.15) is 0 Å². The zero-order valence-corrected chi connectivity index (χ0v) is 20.4. The van der Waals surface area contributed by atoms with Crippen LogP contribution < -0.4 is 20.1 Å². The van der Waals surface area contributed by atoms with Crippen molar-refractivity contribution in [3.05, 3.63) is 41.7 Å². The van der Waals surface area contributed by atoms with Crippen LogP contribution in [0.1, 0.15) is 44.4 Å². The van der Waals surface area contributed by atoms with Crippen molar-refractivity contribution in [3.8, 4) is 11.5 Å². The number of nitrogens with zero attached hydrogens (tertiary/aromatic N) is 3. The smallest absolute Gasteiger partial charge is 0.191 e. The van der Waals surface area contributed by atoms with Crippen LogP contribution in [0.25, 0.3) is 0 Å². The molecule has 0 fully saturated rings. The van der Waals surface area contributed by atoms with Gasteiger partial charge in [-0.15, -0.1) is 24.0 Å². The van der Waals surface area contributed by atoms with E-state index in [4.69, 9.17) is 9.47 Å². The second kappa shape index (κ2) is 13.3. The molecule has 2 aromatic rings. The Kier molecular flexibility index (Phi) is 11.5. The molecule has 29 heavy (non-hydrogen) atoms. The number of aromatic nitrogens is 2. The van der Waals surface area contributed by atoms with Gasteiger partial charge >= 0.3 is 0 Å². The summed E-state index contributed by atoms with van der Waals surface area (Å²) in [6.07, 6.45) is 5.97. The lowest BCUT2D eigenvalue weighted by Gasteiger charge is -2.20. The maximum absolute atomic E-state index is 5.73. The van der Waals surface area contributed by atoms with Crippen LogP contribution in [-0.4, -0.2) is 42.5 Å². The number of aliphatic imine (C=N–C) groups is 1. The molecule has 0 amide bonds. The first-order valence-corrected chi connectivity index (χ1v) is 9.91. The number of nitrogens with one attached hydrogen (secondary N) is 2. The van der Waals surface area contributed by atoms with Crippen molar-refractivity contribution in [1.29, 1.82) is 0 Å². The fraction of sp³-hybridized carbons (Fsp3) is 0.524. The molecule has 0 bridgehead atoms. The summed E-state index contributed by atoms with van der Waals surface area (Å²) in [7, 11) is 3.72. The first kappa shape index (κ1) is 25.1. The lowest BCUT2D eigenvalue weighted by Crippen LogP contribution is -2.39. The molecular weight excluding hydrogens is 481 g/mol. The van der Waals surface area contributed by atoms with E-state index in [0.717, 1.165) is 42.4 Å². The lowest BCUT2D eigenvalue weighted by atomic mass is 10.1. The van der Waals surface area contributed by atoms with Crippen LogP contribution in [-0.2, 0) is 13.5 Å². The van der Waals surface area contributed by atoms with Crippen LogP contribution in [0.2, 0.25) is 0 Å². The molecule has 1 heterocycles. The molecule has 2 rings (SSSR count). The Hall–Kier alpha value is -1.97. The number of hydrogen-bond donors (Lipinski definition) is 2. The number of hydrogen-bond acceptors (Lipinski definition) is 4.